The van der Waals surface area contributed by atoms with Crippen LogP contribution in [-0.4, -0.2) is 41.5 Å². The van der Waals surface area contributed by atoms with E-state index in [-0.39, 0.29) is 18.2 Å². The van der Waals surface area contributed by atoms with Crippen LogP contribution in [0.1, 0.15) is 28.4 Å². The van der Waals surface area contributed by atoms with Crippen LogP contribution in [0, 0.1) is 6.92 Å². The van der Waals surface area contributed by atoms with E-state index in [1.807, 2.05) is 32.0 Å². The number of nitrogens with zero attached hydrogens (tertiary/aromatic N) is 2. The molecule has 164 valence electrons. The normalized spacial score (nSPS) is 12.2. The maximum absolute atomic E-state index is 12.3. The van der Waals surface area contributed by atoms with E-state index >= 15 is 0 Å². The average Bonchev–Trinajstić information content (AvgIpc) is 2.91. The van der Waals surface area contributed by atoms with Crippen molar-refractivity contribution in [2.75, 3.05) is 30.4 Å². The SMILES string of the molecule is CCOCCNC(=O)c1ccc(Nc2ncc3c(n2)-c2ccc(C)cc2NC(=O)C3)cc1. The zero-order chi connectivity index (χ0) is 22.5. The Morgan fingerprint density at radius 1 is 1.19 bits per heavy atom. The summed E-state index contributed by atoms with van der Waals surface area (Å²) < 4.78 is 5.23. The maximum atomic E-state index is 12.3. The third kappa shape index (κ3) is 4.92. The maximum Gasteiger partial charge on any atom is 0.251 e. The van der Waals surface area contributed by atoms with Gasteiger partial charge in [-0.25, -0.2) is 9.97 Å². The summed E-state index contributed by atoms with van der Waals surface area (Å²) in [5, 5.41) is 8.94. The van der Waals surface area contributed by atoms with Gasteiger partial charge < -0.3 is 20.7 Å². The van der Waals surface area contributed by atoms with Crippen molar-refractivity contribution in [2.45, 2.75) is 20.3 Å². The number of ether oxygens (including phenoxy) is 1. The van der Waals surface area contributed by atoms with Crippen molar-refractivity contribution in [3.05, 3.63) is 65.4 Å². The predicted octanol–water partition coefficient (Wildman–Crippen LogP) is 3.46. The number of hydrogen-bond acceptors (Lipinski definition) is 6. The Balaban J connectivity index is 1.51. The molecule has 2 heterocycles. The molecule has 8 nitrogen and oxygen atoms in total. The average molecular weight is 431 g/mol. The van der Waals surface area contributed by atoms with Gasteiger partial charge in [0.25, 0.3) is 5.91 Å². The van der Waals surface area contributed by atoms with Crippen LogP contribution in [-0.2, 0) is 16.0 Å². The van der Waals surface area contributed by atoms with Crippen LogP contribution in [0.3, 0.4) is 0 Å². The van der Waals surface area contributed by atoms with Crippen LogP contribution in [0.2, 0.25) is 0 Å². The minimum absolute atomic E-state index is 0.0879. The molecule has 3 N–H and O–H groups in total. The summed E-state index contributed by atoms with van der Waals surface area (Å²) in [6.45, 7) is 5.47. The lowest BCUT2D eigenvalue weighted by atomic mass is 10.0. The predicted molar refractivity (Wildman–Crippen MR) is 123 cm³/mol. The Hall–Kier alpha value is -3.78. The highest BCUT2D eigenvalue weighted by atomic mass is 16.5. The van der Waals surface area contributed by atoms with Gasteiger partial charge in [0.1, 0.15) is 0 Å². The highest BCUT2D eigenvalue weighted by Crippen LogP contribution is 2.33. The lowest BCUT2D eigenvalue weighted by Crippen LogP contribution is -2.27. The fourth-order valence-electron chi connectivity index (χ4n) is 3.48. The van der Waals surface area contributed by atoms with Crippen LogP contribution >= 0.6 is 0 Å². The van der Waals surface area contributed by atoms with Crippen molar-refractivity contribution >= 4 is 29.1 Å². The Morgan fingerprint density at radius 3 is 2.78 bits per heavy atom. The number of hydrogen-bond donors (Lipinski definition) is 3. The lowest BCUT2D eigenvalue weighted by Gasteiger charge is -2.11. The largest absolute Gasteiger partial charge is 0.380 e. The summed E-state index contributed by atoms with van der Waals surface area (Å²) in [7, 11) is 0. The highest BCUT2D eigenvalue weighted by molar-refractivity contribution is 6.00. The summed E-state index contributed by atoms with van der Waals surface area (Å²) in [6, 6.07) is 13.0. The van der Waals surface area contributed by atoms with Gasteiger partial charge in [0.15, 0.2) is 0 Å². The quantitative estimate of drug-likeness (QED) is 0.495. The Labute approximate surface area is 186 Å². The zero-order valence-corrected chi connectivity index (χ0v) is 18.1. The molecule has 32 heavy (non-hydrogen) atoms. The third-order valence-electron chi connectivity index (χ3n) is 5.06. The minimum atomic E-state index is -0.151. The van der Waals surface area contributed by atoms with Gasteiger partial charge in [0.2, 0.25) is 11.9 Å². The molecule has 1 aliphatic rings. The molecule has 2 amide bonds. The van der Waals surface area contributed by atoms with E-state index < -0.39 is 0 Å². The molecule has 0 unspecified atom stereocenters. The molecule has 0 saturated carbocycles. The van der Waals surface area contributed by atoms with Crippen LogP contribution in [0.25, 0.3) is 11.3 Å². The minimum Gasteiger partial charge on any atom is -0.380 e. The van der Waals surface area contributed by atoms with Gasteiger partial charge in [0, 0.05) is 41.7 Å². The van der Waals surface area contributed by atoms with E-state index in [2.05, 4.69) is 25.9 Å². The van der Waals surface area contributed by atoms with Crippen molar-refractivity contribution in [2.24, 2.45) is 0 Å². The lowest BCUT2D eigenvalue weighted by molar-refractivity contribution is -0.115. The van der Waals surface area contributed by atoms with Crippen LogP contribution in [0.5, 0.6) is 0 Å². The van der Waals surface area contributed by atoms with Crippen molar-refractivity contribution < 1.29 is 14.3 Å². The Morgan fingerprint density at radius 2 is 2.00 bits per heavy atom. The fraction of sp³-hybridized carbons (Fsp3) is 0.250. The first-order valence-corrected chi connectivity index (χ1v) is 10.5. The zero-order valence-electron chi connectivity index (χ0n) is 18.1. The number of rotatable bonds is 7. The molecule has 0 saturated heterocycles. The summed E-state index contributed by atoms with van der Waals surface area (Å²) in [6.07, 6.45) is 1.90. The molecule has 0 fully saturated rings. The molecular weight excluding hydrogens is 406 g/mol. The number of anilines is 3. The van der Waals surface area contributed by atoms with Crippen LogP contribution < -0.4 is 16.0 Å². The number of aromatic nitrogens is 2. The molecule has 0 aliphatic carbocycles. The summed E-state index contributed by atoms with van der Waals surface area (Å²) in [4.78, 5) is 33.5. The molecule has 1 aliphatic heterocycles. The van der Waals surface area contributed by atoms with E-state index in [1.165, 1.54) is 0 Å². The van der Waals surface area contributed by atoms with Crippen molar-refractivity contribution in [1.29, 1.82) is 0 Å². The van der Waals surface area contributed by atoms with Gasteiger partial charge in [-0.3, -0.25) is 9.59 Å². The molecule has 1 aromatic heterocycles. The van der Waals surface area contributed by atoms with Crippen molar-refractivity contribution in [3.63, 3.8) is 0 Å². The third-order valence-corrected chi connectivity index (χ3v) is 5.06. The molecule has 0 radical (unpaired) electrons. The van der Waals surface area contributed by atoms with Gasteiger partial charge in [-0.1, -0.05) is 12.1 Å². The smallest absolute Gasteiger partial charge is 0.251 e. The standard InChI is InChI=1S/C24H25N5O3/c1-3-32-11-10-25-23(31)16-5-7-18(8-6-16)27-24-26-14-17-13-21(30)28-20-12-15(2)4-9-19(20)22(17)29-24/h4-9,12,14H,3,10-11,13H2,1-2H3,(H,25,31)(H,28,30)(H,26,27,29). The monoisotopic (exact) mass is 431 g/mol. The van der Waals surface area contributed by atoms with E-state index in [4.69, 9.17) is 4.74 Å². The summed E-state index contributed by atoms with van der Waals surface area (Å²) >= 11 is 0. The van der Waals surface area contributed by atoms with E-state index in [9.17, 15) is 9.59 Å². The first-order valence-electron chi connectivity index (χ1n) is 10.5. The molecule has 0 atom stereocenters. The van der Waals surface area contributed by atoms with Crippen molar-refractivity contribution in [3.8, 4) is 11.3 Å². The van der Waals surface area contributed by atoms with E-state index in [0.29, 0.717) is 31.3 Å². The molecule has 4 rings (SSSR count). The second-order valence-corrected chi connectivity index (χ2v) is 7.50. The first-order chi connectivity index (χ1) is 15.5. The van der Waals surface area contributed by atoms with E-state index in [1.54, 1.807) is 30.5 Å². The van der Waals surface area contributed by atoms with Gasteiger partial charge in [-0.15, -0.1) is 0 Å². The number of carbonyl (C=O) groups excluding carboxylic acids is 2. The van der Waals surface area contributed by atoms with Crippen molar-refractivity contribution in [1.82, 2.24) is 15.3 Å². The fourth-order valence-corrected chi connectivity index (χ4v) is 3.48. The van der Waals surface area contributed by atoms with Gasteiger partial charge >= 0.3 is 0 Å². The number of carbonyl (C=O) groups is 2. The van der Waals surface area contributed by atoms with Crippen LogP contribution in [0.15, 0.2) is 48.7 Å². The number of fused-ring (bicyclic) bond motifs is 3. The van der Waals surface area contributed by atoms with E-state index in [0.717, 1.165) is 33.8 Å². The topological polar surface area (TPSA) is 105 Å². The number of nitrogens with one attached hydrogen (secondary N) is 3. The Kier molecular flexibility index (Phi) is 6.42. The molecule has 0 spiro atoms. The van der Waals surface area contributed by atoms with Gasteiger partial charge in [-0.2, -0.15) is 0 Å². The molecule has 3 aromatic rings. The molecule has 0 bridgehead atoms. The Bertz CT molecular complexity index is 1140. The second kappa shape index (κ2) is 9.57. The summed E-state index contributed by atoms with van der Waals surface area (Å²) in [5.41, 5.74) is 5.48. The first kappa shape index (κ1) is 21.5. The molecule has 2 aromatic carbocycles. The molecule has 8 heteroatoms. The van der Waals surface area contributed by atoms with Crippen LogP contribution in [0.4, 0.5) is 17.3 Å². The second-order valence-electron chi connectivity index (χ2n) is 7.50. The number of benzene rings is 2. The van der Waals surface area contributed by atoms with Gasteiger partial charge in [0.05, 0.1) is 24.4 Å². The summed E-state index contributed by atoms with van der Waals surface area (Å²) in [5.74, 6) is 0.176. The highest BCUT2D eigenvalue weighted by Gasteiger charge is 2.21. The van der Waals surface area contributed by atoms with Gasteiger partial charge in [-0.05, 0) is 49.7 Å². The number of aryl methyl sites for hydroxylation is 1. The number of amides is 2. The molecular formula is C24H25N5O3.